The van der Waals surface area contributed by atoms with Crippen LogP contribution in [-0.2, 0) is 4.79 Å². The molecule has 0 aromatic heterocycles. The molecule has 3 N–H and O–H groups in total. The summed E-state index contributed by atoms with van der Waals surface area (Å²) in [6.45, 7) is 2.52. The van der Waals surface area contributed by atoms with Crippen LogP contribution in [0.25, 0.3) is 0 Å². The number of ether oxygens (including phenoxy) is 1. The molecule has 1 atom stereocenters. The minimum atomic E-state index is -0.674. The van der Waals surface area contributed by atoms with Gasteiger partial charge in [0.25, 0.3) is 0 Å². The molecule has 1 rings (SSSR count). The van der Waals surface area contributed by atoms with Crippen molar-refractivity contribution in [1.82, 2.24) is 0 Å². The van der Waals surface area contributed by atoms with E-state index in [9.17, 15) is 4.79 Å². The van der Waals surface area contributed by atoms with E-state index in [0.717, 1.165) is 5.75 Å². The highest BCUT2D eigenvalue weighted by Gasteiger charge is 2.11. The van der Waals surface area contributed by atoms with E-state index in [1.54, 1.807) is 24.3 Å². The number of anilines is 1. The monoisotopic (exact) mass is 232 g/mol. The van der Waals surface area contributed by atoms with Gasteiger partial charge in [-0.3, -0.25) is 4.79 Å². The van der Waals surface area contributed by atoms with Crippen molar-refractivity contribution in [3.63, 3.8) is 0 Å². The maximum absolute atomic E-state index is 11.6. The molecule has 1 aromatic carbocycles. The molecule has 0 bridgehead atoms. The van der Waals surface area contributed by atoms with Gasteiger partial charge in [0.05, 0.1) is 12.6 Å². The van der Waals surface area contributed by atoms with Gasteiger partial charge in [0, 0.05) is 12.1 Å². The Balaban J connectivity index is 2.57. The first-order valence-electron chi connectivity index (χ1n) is 5.40. The molecular weight excluding hydrogens is 216 g/mol. The summed E-state index contributed by atoms with van der Waals surface area (Å²) in [6.07, 6.45) is 5.31. The van der Waals surface area contributed by atoms with Gasteiger partial charge in [0.15, 0.2) is 0 Å². The predicted molar refractivity (Wildman–Crippen MR) is 67.7 cm³/mol. The van der Waals surface area contributed by atoms with Gasteiger partial charge in [0.2, 0.25) is 5.91 Å². The lowest BCUT2D eigenvalue weighted by Crippen LogP contribution is -2.35. The number of hydrogen-bond donors (Lipinski definition) is 2. The van der Waals surface area contributed by atoms with Crippen molar-refractivity contribution in [1.29, 1.82) is 0 Å². The molecule has 0 heterocycles. The second kappa shape index (κ2) is 6.56. The third-order valence-corrected chi connectivity index (χ3v) is 2.11. The minimum Gasteiger partial charge on any atom is -0.494 e. The number of terminal acetylenes is 1. The Bertz CT molecular complexity index is 406. The van der Waals surface area contributed by atoms with Crippen molar-refractivity contribution < 1.29 is 9.53 Å². The molecule has 17 heavy (non-hydrogen) atoms. The number of benzene rings is 1. The van der Waals surface area contributed by atoms with Gasteiger partial charge < -0.3 is 15.8 Å². The highest BCUT2D eigenvalue weighted by Crippen LogP contribution is 2.15. The molecule has 0 aliphatic heterocycles. The third-order valence-electron chi connectivity index (χ3n) is 2.11. The van der Waals surface area contributed by atoms with Gasteiger partial charge in [-0.2, -0.15) is 0 Å². The Hall–Kier alpha value is -1.99. The summed E-state index contributed by atoms with van der Waals surface area (Å²) < 4.78 is 5.29. The number of hydrogen-bond acceptors (Lipinski definition) is 3. The zero-order chi connectivity index (χ0) is 12.7. The Morgan fingerprint density at radius 3 is 2.71 bits per heavy atom. The van der Waals surface area contributed by atoms with Crippen LogP contribution in [-0.4, -0.2) is 18.6 Å². The Kier molecular flexibility index (Phi) is 5.05. The van der Waals surface area contributed by atoms with E-state index in [0.29, 0.717) is 12.3 Å². The Labute approximate surface area is 101 Å². The van der Waals surface area contributed by atoms with Crippen LogP contribution in [0.3, 0.4) is 0 Å². The first-order chi connectivity index (χ1) is 8.17. The van der Waals surface area contributed by atoms with Crippen LogP contribution in [0.1, 0.15) is 13.3 Å². The van der Waals surface area contributed by atoms with Crippen LogP contribution >= 0.6 is 0 Å². The lowest BCUT2D eigenvalue weighted by Gasteiger charge is -2.10. The van der Waals surface area contributed by atoms with Crippen molar-refractivity contribution in [2.75, 3.05) is 11.9 Å². The summed E-state index contributed by atoms with van der Waals surface area (Å²) in [5.74, 6) is 2.83. The fourth-order valence-electron chi connectivity index (χ4n) is 1.26. The van der Waals surface area contributed by atoms with E-state index in [2.05, 4.69) is 11.2 Å². The standard InChI is InChI=1S/C13H16N2O2/c1-3-5-12(14)13(16)15-10-6-8-11(9-7-10)17-4-2/h1,6-9,12H,4-5,14H2,2H3,(H,15,16). The fourth-order valence-corrected chi connectivity index (χ4v) is 1.26. The normalized spacial score (nSPS) is 11.4. The van der Waals surface area contributed by atoms with Crippen molar-refractivity contribution in [3.05, 3.63) is 24.3 Å². The molecule has 4 nitrogen and oxygen atoms in total. The largest absolute Gasteiger partial charge is 0.494 e. The molecule has 0 saturated carbocycles. The highest BCUT2D eigenvalue weighted by molar-refractivity contribution is 5.94. The number of nitrogens with two attached hydrogens (primary N) is 1. The quantitative estimate of drug-likeness (QED) is 0.754. The van der Waals surface area contributed by atoms with Crippen molar-refractivity contribution in [2.45, 2.75) is 19.4 Å². The molecule has 0 fully saturated rings. The van der Waals surface area contributed by atoms with Gasteiger partial charge >= 0.3 is 0 Å². The number of carbonyl (C=O) groups excluding carboxylic acids is 1. The summed E-state index contributed by atoms with van der Waals surface area (Å²) in [7, 11) is 0. The van der Waals surface area contributed by atoms with Crippen LogP contribution in [0, 0.1) is 12.3 Å². The number of amides is 1. The van der Waals surface area contributed by atoms with Gasteiger partial charge in [-0.25, -0.2) is 0 Å². The van der Waals surface area contributed by atoms with Crippen molar-refractivity contribution >= 4 is 11.6 Å². The predicted octanol–water partition coefficient (Wildman–Crippen LogP) is 1.37. The van der Waals surface area contributed by atoms with Crippen LogP contribution in [0.2, 0.25) is 0 Å². The summed E-state index contributed by atoms with van der Waals surface area (Å²) in [5, 5.41) is 2.68. The van der Waals surface area contributed by atoms with E-state index < -0.39 is 6.04 Å². The molecule has 0 aliphatic carbocycles. The average Bonchev–Trinajstić information content (AvgIpc) is 2.32. The summed E-state index contributed by atoms with van der Waals surface area (Å²) in [4.78, 5) is 11.6. The van der Waals surface area contributed by atoms with Gasteiger partial charge in [0.1, 0.15) is 5.75 Å². The van der Waals surface area contributed by atoms with E-state index in [1.807, 2.05) is 6.92 Å². The lowest BCUT2D eigenvalue weighted by atomic mass is 10.2. The molecule has 1 unspecified atom stereocenters. The zero-order valence-corrected chi connectivity index (χ0v) is 9.77. The SMILES string of the molecule is C#CCC(N)C(=O)Nc1ccc(OCC)cc1. The second-order valence-electron chi connectivity index (χ2n) is 3.46. The topological polar surface area (TPSA) is 64.4 Å². The number of nitrogens with one attached hydrogen (secondary N) is 1. The smallest absolute Gasteiger partial charge is 0.242 e. The molecule has 0 radical (unpaired) electrons. The molecular formula is C13H16N2O2. The van der Waals surface area contributed by atoms with E-state index in [4.69, 9.17) is 16.9 Å². The van der Waals surface area contributed by atoms with E-state index in [-0.39, 0.29) is 12.3 Å². The van der Waals surface area contributed by atoms with E-state index >= 15 is 0 Å². The van der Waals surface area contributed by atoms with Crippen molar-refractivity contribution in [2.24, 2.45) is 5.73 Å². The van der Waals surface area contributed by atoms with Crippen LogP contribution in [0.5, 0.6) is 5.75 Å². The van der Waals surface area contributed by atoms with Crippen molar-refractivity contribution in [3.8, 4) is 18.1 Å². The maximum atomic E-state index is 11.6. The van der Waals surface area contributed by atoms with Gasteiger partial charge in [-0.05, 0) is 31.2 Å². The average molecular weight is 232 g/mol. The second-order valence-corrected chi connectivity index (χ2v) is 3.46. The molecule has 0 spiro atoms. The molecule has 1 aromatic rings. The summed E-state index contributed by atoms with van der Waals surface area (Å²) >= 11 is 0. The fraction of sp³-hybridized carbons (Fsp3) is 0.308. The summed E-state index contributed by atoms with van der Waals surface area (Å²) in [6, 6.07) is 6.40. The van der Waals surface area contributed by atoms with Crippen LogP contribution in [0.15, 0.2) is 24.3 Å². The van der Waals surface area contributed by atoms with Gasteiger partial charge in [-0.15, -0.1) is 12.3 Å². The molecule has 1 amide bonds. The molecule has 0 aliphatic rings. The highest BCUT2D eigenvalue weighted by atomic mass is 16.5. The van der Waals surface area contributed by atoms with Crippen LogP contribution in [0.4, 0.5) is 5.69 Å². The summed E-state index contributed by atoms with van der Waals surface area (Å²) in [5.41, 5.74) is 6.25. The Morgan fingerprint density at radius 1 is 1.53 bits per heavy atom. The zero-order valence-electron chi connectivity index (χ0n) is 9.77. The number of carbonyl (C=O) groups is 1. The molecule has 90 valence electrons. The molecule has 4 heteroatoms. The molecule has 0 saturated heterocycles. The maximum Gasteiger partial charge on any atom is 0.242 e. The first kappa shape index (κ1) is 13.1. The lowest BCUT2D eigenvalue weighted by molar-refractivity contribution is -0.117. The van der Waals surface area contributed by atoms with Gasteiger partial charge in [-0.1, -0.05) is 0 Å². The number of rotatable bonds is 5. The first-order valence-corrected chi connectivity index (χ1v) is 5.40. The van der Waals surface area contributed by atoms with Crippen LogP contribution < -0.4 is 15.8 Å². The third kappa shape index (κ3) is 4.17. The Morgan fingerprint density at radius 2 is 2.18 bits per heavy atom. The van der Waals surface area contributed by atoms with E-state index in [1.165, 1.54) is 0 Å². The minimum absolute atomic E-state index is 0.225.